The molecule has 0 saturated carbocycles. The van der Waals surface area contributed by atoms with E-state index in [1.165, 1.54) is 0 Å². The van der Waals surface area contributed by atoms with Crippen LogP contribution in [0.25, 0.3) is 32.9 Å². The van der Waals surface area contributed by atoms with Gasteiger partial charge in [0.25, 0.3) is 0 Å². The predicted molar refractivity (Wildman–Crippen MR) is 140 cm³/mol. The van der Waals surface area contributed by atoms with Gasteiger partial charge in [0.15, 0.2) is 0 Å². The van der Waals surface area contributed by atoms with E-state index in [9.17, 15) is 4.79 Å². The Hall–Kier alpha value is -4.43. The molecule has 0 bridgehead atoms. The Morgan fingerprint density at radius 1 is 1.03 bits per heavy atom. The maximum absolute atomic E-state index is 12.9. The van der Waals surface area contributed by atoms with Gasteiger partial charge < -0.3 is 9.88 Å². The zero-order chi connectivity index (χ0) is 24.4. The molecule has 0 radical (unpaired) electrons. The lowest BCUT2D eigenvalue weighted by Gasteiger charge is -2.10. The molecule has 5 rings (SSSR count). The van der Waals surface area contributed by atoms with Gasteiger partial charge >= 0.3 is 0 Å². The lowest BCUT2D eigenvalue weighted by molar-refractivity contribution is -0.120. The van der Waals surface area contributed by atoms with Crippen LogP contribution in [0, 0.1) is 11.3 Å². The summed E-state index contributed by atoms with van der Waals surface area (Å²) in [6, 6.07) is 26.5. The molecule has 0 aliphatic heterocycles. The molecule has 0 spiro atoms. The lowest BCUT2D eigenvalue weighted by Crippen LogP contribution is -2.24. The van der Waals surface area contributed by atoms with Crippen molar-refractivity contribution >= 4 is 27.7 Å². The summed E-state index contributed by atoms with van der Waals surface area (Å²) in [5.74, 6) is -0.0284. The zero-order valence-corrected chi connectivity index (χ0v) is 19.8. The Morgan fingerprint density at radius 3 is 2.57 bits per heavy atom. The first-order valence-corrected chi connectivity index (χ1v) is 11.8. The van der Waals surface area contributed by atoms with Crippen molar-refractivity contribution in [3.63, 3.8) is 0 Å². The Balaban J connectivity index is 1.43. The van der Waals surface area contributed by atoms with Crippen molar-refractivity contribution in [3.8, 4) is 17.2 Å². The number of benzene rings is 3. The molecule has 3 aromatic carbocycles. The van der Waals surface area contributed by atoms with Crippen LogP contribution in [-0.2, 0) is 17.8 Å². The standard InChI is InChI=1S/C30H26N4O/c1-20(2)34-19-26(16-30(35)33-18-22-7-5-21(17-31)6-8-22)27-15-24(10-12-29(27)34)23-9-11-28-25(14-23)4-3-13-32-28/h3-15,19-20H,16,18H2,1-2H3,(H,33,35). The lowest BCUT2D eigenvalue weighted by atomic mass is 10.00. The molecule has 5 heteroatoms. The quantitative estimate of drug-likeness (QED) is 0.331. The number of carbonyl (C=O) groups is 1. The molecular formula is C30H26N4O. The third-order valence-corrected chi connectivity index (χ3v) is 6.33. The van der Waals surface area contributed by atoms with Crippen LogP contribution in [0.15, 0.2) is 85.2 Å². The summed E-state index contributed by atoms with van der Waals surface area (Å²) < 4.78 is 2.23. The Labute approximate surface area is 204 Å². The number of rotatable bonds is 6. The van der Waals surface area contributed by atoms with Crippen LogP contribution in [0.3, 0.4) is 0 Å². The number of nitrogens with one attached hydrogen (secondary N) is 1. The van der Waals surface area contributed by atoms with Crippen LogP contribution in [0.1, 0.15) is 36.6 Å². The van der Waals surface area contributed by atoms with Gasteiger partial charge in [0, 0.05) is 41.3 Å². The molecule has 5 aromatic rings. The molecule has 2 aromatic heterocycles. The number of amides is 1. The van der Waals surface area contributed by atoms with Crippen LogP contribution >= 0.6 is 0 Å². The van der Waals surface area contributed by atoms with Gasteiger partial charge in [0.05, 0.1) is 23.6 Å². The molecule has 5 nitrogen and oxygen atoms in total. The average molecular weight is 459 g/mol. The highest BCUT2D eigenvalue weighted by Crippen LogP contribution is 2.31. The highest BCUT2D eigenvalue weighted by Gasteiger charge is 2.15. The molecule has 0 aliphatic carbocycles. The number of pyridine rings is 1. The fourth-order valence-electron chi connectivity index (χ4n) is 4.46. The summed E-state index contributed by atoms with van der Waals surface area (Å²) in [6.45, 7) is 4.74. The van der Waals surface area contributed by atoms with Crippen LogP contribution in [0.4, 0.5) is 0 Å². The van der Waals surface area contributed by atoms with Crippen molar-refractivity contribution < 1.29 is 4.79 Å². The number of hydrogen-bond acceptors (Lipinski definition) is 3. The zero-order valence-electron chi connectivity index (χ0n) is 19.8. The fourth-order valence-corrected chi connectivity index (χ4v) is 4.46. The average Bonchev–Trinajstić information content (AvgIpc) is 3.25. The second-order valence-electron chi connectivity index (χ2n) is 9.06. The topological polar surface area (TPSA) is 70.7 Å². The third kappa shape index (κ3) is 4.64. The summed E-state index contributed by atoms with van der Waals surface area (Å²) in [6.07, 6.45) is 4.21. The van der Waals surface area contributed by atoms with Crippen molar-refractivity contribution in [2.24, 2.45) is 0 Å². The Morgan fingerprint density at radius 2 is 1.80 bits per heavy atom. The van der Waals surface area contributed by atoms with Crippen molar-refractivity contribution in [1.29, 1.82) is 5.26 Å². The minimum Gasteiger partial charge on any atom is -0.352 e. The van der Waals surface area contributed by atoms with Gasteiger partial charge in [0.1, 0.15) is 0 Å². The molecule has 35 heavy (non-hydrogen) atoms. The molecule has 0 fully saturated rings. The van der Waals surface area contributed by atoms with Crippen LogP contribution in [-0.4, -0.2) is 15.5 Å². The van der Waals surface area contributed by atoms with Crippen molar-refractivity contribution in [1.82, 2.24) is 14.9 Å². The molecule has 0 unspecified atom stereocenters. The van der Waals surface area contributed by atoms with E-state index < -0.39 is 0 Å². The third-order valence-electron chi connectivity index (χ3n) is 6.33. The molecular weight excluding hydrogens is 432 g/mol. The van der Waals surface area contributed by atoms with Gasteiger partial charge in [0.2, 0.25) is 5.91 Å². The van der Waals surface area contributed by atoms with Crippen molar-refractivity contribution in [2.45, 2.75) is 32.9 Å². The smallest absolute Gasteiger partial charge is 0.224 e. The van der Waals surface area contributed by atoms with Gasteiger partial charge in [-0.2, -0.15) is 5.26 Å². The summed E-state index contributed by atoms with van der Waals surface area (Å²) in [5.41, 5.74) is 6.93. The van der Waals surface area contributed by atoms with Crippen LogP contribution < -0.4 is 5.32 Å². The maximum Gasteiger partial charge on any atom is 0.224 e. The number of carbonyl (C=O) groups excluding carboxylic acids is 1. The number of nitrogens with zero attached hydrogens (tertiary/aromatic N) is 3. The second-order valence-corrected chi connectivity index (χ2v) is 9.06. The normalized spacial score (nSPS) is 11.1. The first kappa shape index (κ1) is 22.4. The van der Waals surface area contributed by atoms with Gasteiger partial charge in [-0.1, -0.05) is 30.3 Å². The van der Waals surface area contributed by atoms with E-state index in [-0.39, 0.29) is 11.9 Å². The highest BCUT2D eigenvalue weighted by atomic mass is 16.1. The molecule has 172 valence electrons. The van der Waals surface area contributed by atoms with E-state index in [0.29, 0.717) is 18.5 Å². The first-order chi connectivity index (χ1) is 17.0. The SMILES string of the molecule is CC(C)n1cc(CC(=O)NCc2ccc(C#N)cc2)c2cc(-c3ccc4ncccc4c3)ccc21. The molecule has 0 atom stereocenters. The van der Waals surface area contributed by atoms with Gasteiger partial charge in [-0.05, 0) is 78.6 Å². The molecule has 0 saturated heterocycles. The van der Waals surface area contributed by atoms with E-state index in [1.807, 2.05) is 24.3 Å². The first-order valence-electron chi connectivity index (χ1n) is 11.8. The van der Waals surface area contributed by atoms with Gasteiger partial charge in [-0.25, -0.2) is 0 Å². The molecule has 0 aliphatic rings. The van der Waals surface area contributed by atoms with Crippen LogP contribution in [0.5, 0.6) is 0 Å². The molecule has 1 N–H and O–H groups in total. The van der Waals surface area contributed by atoms with E-state index in [4.69, 9.17) is 5.26 Å². The fraction of sp³-hybridized carbons (Fsp3) is 0.167. The largest absolute Gasteiger partial charge is 0.352 e. The summed E-state index contributed by atoms with van der Waals surface area (Å²) in [4.78, 5) is 17.3. The summed E-state index contributed by atoms with van der Waals surface area (Å²) in [7, 11) is 0. The van der Waals surface area contributed by atoms with Gasteiger partial charge in [-0.3, -0.25) is 9.78 Å². The Kier molecular flexibility index (Phi) is 6.03. The summed E-state index contributed by atoms with van der Waals surface area (Å²) >= 11 is 0. The predicted octanol–water partition coefficient (Wildman–Crippen LogP) is 6.17. The molecule has 2 heterocycles. The number of fused-ring (bicyclic) bond motifs is 2. The maximum atomic E-state index is 12.9. The highest BCUT2D eigenvalue weighted by molar-refractivity contribution is 5.93. The minimum atomic E-state index is -0.0284. The summed E-state index contributed by atoms with van der Waals surface area (Å²) in [5, 5.41) is 14.2. The number of aromatic nitrogens is 2. The second kappa shape index (κ2) is 9.44. The molecule has 1 amide bonds. The van der Waals surface area contributed by atoms with Crippen molar-refractivity contribution in [3.05, 3.63) is 102 Å². The number of nitriles is 1. The van der Waals surface area contributed by atoms with E-state index in [2.05, 4.69) is 77.4 Å². The Bertz CT molecular complexity index is 1570. The van der Waals surface area contributed by atoms with Crippen LogP contribution in [0.2, 0.25) is 0 Å². The minimum absolute atomic E-state index is 0.0284. The van der Waals surface area contributed by atoms with E-state index >= 15 is 0 Å². The van der Waals surface area contributed by atoms with Gasteiger partial charge in [-0.15, -0.1) is 0 Å². The van der Waals surface area contributed by atoms with E-state index in [1.54, 1.807) is 18.3 Å². The number of hydrogen-bond donors (Lipinski definition) is 1. The van der Waals surface area contributed by atoms with Crippen molar-refractivity contribution in [2.75, 3.05) is 0 Å². The monoisotopic (exact) mass is 458 g/mol. The van der Waals surface area contributed by atoms with E-state index in [0.717, 1.165) is 44.1 Å².